The highest BCUT2D eigenvalue weighted by Gasteiger charge is 2.35. The van der Waals surface area contributed by atoms with Crippen LogP contribution >= 0.6 is 0 Å². The Morgan fingerprint density at radius 2 is 0.935 bits per heavy atom. The third-order valence-electron chi connectivity index (χ3n) is 7.85. The number of benzene rings is 2. The molecule has 4 aliphatic rings. The summed E-state index contributed by atoms with van der Waals surface area (Å²) in [4.78, 5) is 80.0. The quantitative estimate of drug-likeness (QED) is 0.375. The van der Waals surface area contributed by atoms with E-state index in [1.807, 2.05) is 0 Å². The molecule has 0 aliphatic carbocycles. The van der Waals surface area contributed by atoms with Crippen molar-refractivity contribution in [2.75, 3.05) is 85.3 Å². The van der Waals surface area contributed by atoms with E-state index in [0.717, 1.165) is 0 Å². The summed E-state index contributed by atoms with van der Waals surface area (Å²) >= 11 is 0. The summed E-state index contributed by atoms with van der Waals surface area (Å²) in [6.07, 6.45) is -2.59. The van der Waals surface area contributed by atoms with Gasteiger partial charge in [0.15, 0.2) is 0 Å². The highest BCUT2D eigenvalue weighted by Crippen LogP contribution is 2.27. The molecule has 4 aliphatic heterocycles. The molecule has 46 heavy (non-hydrogen) atoms. The fourth-order valence-electron chi connectivity index (χ4n) is 5.46. The van der Waals surface area contributed by atoms with Crippen molar-refractivity contribution in [3.05, 3.63) is 48.5 Å². The fourth-order valence-corrected chi connectivity index (χ4v) is 5.46. The van der Waals surface area contributed by atoms with Crippen LogP contribution in [0.3, 0.4) is 0 Å². The largest absolute Gasteiger partial charge is 0.442 e. The summed E-state index contributed by atoms with van der Waals surface area (Å²) in [7, 11) is 0. The topological polar surface area (TPSA) is 176 Å². The summed E-state index contributed by atoms with van der Waals surface area (Å²) in [5.74, 6) is -2.14. The number of nitrogens with zero attached hydrogens (tertiary/aromatic N) is 4. The summed E-state index contributed by atoms with van der Waals surface area (Å²) in [6.45, 7) is 1.94. The molecule has 6 rings (SSSR count). The Balaban J connectivity index is 0.934. The van der Waals surface area contributed by atoms with Crippen molar-refractivity contribution in [3.8, 4) is 0 Å². The molecule has 242 valence electrons. The summed E-state index contributed by atoms with van der Waals surface area (Å²) < 4.78 is 21.0. The van der Waals surface area contributed by atoms with Gasteiger partial charge in [-0.2, -0.15) is 0 Å². The van der Waals surface area contributed by atoms with Crippen molar-refractivity contribution in [1.29, 1.82) is 0 Å². The first-order valence-electron chi connectivity index (χ1n) is 14.8. The first-order chi connectivity index (χ1) is 22.3. The molecule has 2 aromatic rings. The maximum atomic E-state index is 12.5. The predicted molar refractivity (Wildman–Crippen MR) is 160 cm³/mol. The van der Waals surface area contributed by atoms with Crippen LogP contribution in [0, 0.1) is 0 Å². The summed E-state index contributed by atoms with van der Waals surface area (Å²) in [6, 6.07) is 13.7. The average Bonchev–Trinajstić information content (AvgIpc) is 3.64. The van der Waals surface area contributed by atoms with Crippen LogP contribution in [0.5, 0.6) is 0 Å². The lowest BCUT2D eigenvalue weighted by atomic mass is 10.2. The molecule has 16 heteroatoms. The van der Waals surface area contributed by atoms with Crippen molar-refractivity contribution in [2.45, 2.75) is 12.2 Å². The number of hydrogen-bond acceptors (Lipinski definition) is 10. The van der Waals surface area contributed by atoms with Crippen molar-refractivity contribution < 1.29 is 47.7 Å². The zero-order chi connectivity index (χ0) is 32.2. The maximum Gasteiger partial charge on any atom is 0.414 e. The number of carbonyl (C=O) groups is 6. The minimum Gasteiger partial charge on any atom is -0.442 e. The number of rotatable bonds is 8. The molecule has 4 fully saturated rings. The molecule has 0 radical (unpaired) electrons. The Morgan fingerprint density at radius 3 is 1.28 bits per heavy atom. The van der Waals surface area contributed by atoms with Crippen LogP contribution in [-0.2, 0) is 38.1 Å². The smallest absolute Gasteiger partial charge is 0.414 e. The van der Waals surface area contributed by atoms with E-state index in [0.29, 0.717) is 49.1 Å². The third kappa shape index (κ3) is 6.72. The Morgan fingerprint density at radius 1 is 0.587 bits per heavy atom. The number of morpholine rings is 2. The van der Waals surface area contributed by atoms with Gasteiger partial charge in [0.05, 0.1) is 39.4 Å². The molecule has 4 saturated heterocycles. The zero-order valence-corrected chi connectivity index (χ0v) is 24.7. The van der Waals surface area contributed by atoms with E-state index in [4.69, 9.17) is 18.9 Å². The molecule has 0 saturated carbocycles. The van der Waals surface area contributed by atoms with Crippen molar-refractivity contribution in [2.24, 2.45) is 0 Å². The number of nitrogens with one attached hydrogen (secondary N) is 2. The van der Waals surface area contributed by atoms with Gasteiger partial charge in [0.2, 0.25) is 0 Å². The molecule has 0 aromatic heterocycles. The van der Waals surface area contributed by atoms with Crippen LogP contribution in [-0.4, -0.2) is 114 Å². The maximum absolute atomic E-state index is 12.5. The molecular weight excluding hydrogens is 604 g/mol. The van der Waals surface area contributed by atoms with E-state index in [1.54, 1.807) is 58.3 Å². The van der Waals surface area contributed by atoms with Crippen LogP contribution in [0.4, 0.5) is 32.3 Å². The number of anilines is 4. The van der Waals surface area contributed by atoms with E-state index in [1.165, 1.54) is 9.80 Å². The second-order valence-corrected chi connectivity index (χ2v) is 10.9. The Hall–Kier alpha value is -5.22. The first kappa shape index (κ1) is 30.8. The lowest BCUT2D eigenvalue weighted by Gasteiger charge is -2.27. The lowest BCUT2D eigenvalue weighted by molar-refractivity contribution is -0.139. The molecule has 16 nitrogen and oxygen atoms in total. The number of carbonyl (C=O) groups excluding carboxylic acids is 6. The van der Waals surface area contributed by atoms with Crippen LogP contribution in [0.1, 0.15) is 0 Å². The Bertz CT molecular complexity index is 1400. The van der Waals surface area contributed by atoms with E-state index in [2.05, 4.69) is 10.6 Å². The highest BCUT2D eigenvalue weighted by atomic mass is 16.6. The minimum atomic E-state index is -0.927. The van der Waals surface area contributed by atoms with Crippen molar-refractivity contribution in [3.63, 3.8) is 0 Å². The molecule has 6 amide bonds. The molecule has 0 bridgehead atoms. The minimum absolute atomic E-state index is 0.0229. The second kappa shape index (κ2) is 13.4. The van der Waals surface area contributed by atoms with Crippen molar-refractivity contribution in [1.82, 2.24) is 10.6 Å². The molecule has 2 aromatic carbocycles. The zero-order valence-electron chi connectivity index (χ0n) is 24.7. The number of cyclic esters (lactones) is 2. The number of amides is 6. The van der Waals surface area contributed by atoms with Gasteiger partial charge < -0.3 is 39.4 Å². The van der Waals surface area contributed by atoms with Crippen molar-refractivity contribution >= 4 is 58.6 Å². The SMILES string of the molecule is O=C(NC[C@H]1CN(c2ccc(N3CCOCC3=O)cc2)C(=O)O1)C(=O)NC[C@H]1CN(c2ccc(N3CCOCC3=O)cc2)C(=O)O1. The van der Waals surface area contributed by atoms with Gasteiger partial charge in [-0.25, -0.2) is 9.59 Å². The van der Waals surface area contributed by atoms with E-state index in [-0.39, 0.29) is 51.2 Å². The van der Waals surface area contributed by atoms with Crippen LogP contribution in [0.2, 0.25) is 0 Å². The Kier molecular flexibility index (Phi) is 8.98. The fraction of sp³-hybridized carbons (Fsp3) is 0.400. The molecule has 2 N–H and O–H groups in total. The van der Waals surface area contributed by atoms with Gasteiger partial charge >= 0.3 is 24.0 Å². The summed E-state index contributed by atoms with van der Waals surface area (Å²) in [5, 5.41) is 4.93. The van der Waals surface area contributed by atoms with Gasteiger partial charge in [-0.3, -0.25) is 29.0 Å². The third-order valence-corrected chi connectivity index (χ3v) is 7.85. The Labute approximate surface area is 263 Å². The molecule has 0 unspecified atom stereocenters. The van der Waals surface area contributed by atoms with Crippen LogP contribution < -0.4 is 30.2 Å². The van der Waals surface area contributed by atoms with Gasteiger partial charge in [-0.05, 0) is 48.5 Å². The first-order valence-corrected chi connectivity index (χ1v) is 14.8. The van der Waals surface area contributed by atoms with E-state index in [9.17, 15) is 28.8 Å². The molecular formula is C30H32N6O10. The van der Waals surface area contributed by atoms with E-state index < -0.39 is 36.2 Å². The van der Waals surface area contributed by atoms with Gasteiger partial charge in [0.25, 0.3) is 11.8 Å². The standard InChI is InChI=1S/C30H32N6O10/c37-25-17-43-11-9-33(25)19-1-5-21(6-2-19)35-15-23(45-29(35)41)13-31-27(39)28(40)32-14-24-16-36(30(42)46-24)22-7-3-20(4-8-22)34-10-12-44-18-26(34)38/h1-8,23-24H,9-18H2,(H,31,39)(H,32,40)/t23-,24-/m0/s1. The van der Waals surface area contributed by atoms with Gasteiger partial charge in [0, 0.05) is 35.8 Å². The molecule has 4 heterocycles. The monoisotopic (exact) mass is 636 g/mol. The van der Waals surface area contributed by atoms with Crippen LogP contribution in [0.15, 0.2) is 48.5 Å². The highest BCUT2D eigenvalue weighted by molar-refractivity contribution is 6.35. The second-order valence-electron chi connectivity index (χ2n) is 10.9. The van der Waals surface area contributed by atoms with E-state index >= 15 is 0 Å². The lowest BCUT2D eigenvalue weighted by Crippen LogP contribution is -2.45. The average molecular weight is 637 g/mol. The number of hydrogen-bond donors (Lipinski definition) is 2. The van der Waals surface area contributed by atoms with Crippen LogP contribution in [0.25, 0.3) is 0 Å². The predicted octanol–water partition coefficient (Wildman–Crippen LogP) is -0.00400. The normalized spacial score (nSPS) is 21.7. The molecule has 2 atom stereocenters. The molecule has 0 spiro atoms. The summed E-state index contributed by atoms with van der Waals surface area (Å²) in [5.41, 5.74) is 2.50. The van der Waals surface area contributed by atoms with Gasteiger partial charge in [0.1, 0.15) is 25.4 Å². The van der Waals surface area contributed by atoms with Gasteiger partial charge in [-0.15, -0.1) is 0 Å². The number of ether oxygens (including phenoxy) is 4. The van der Waals surface area contributed by atoms with Gasteiger partial charge in [-0.1, -0.05) is 0 Å².